The van der Waals surface area contributed by atoms with Crippen LogP contribution in [0.2, 0.25) is 0 Å². The Bertz CT molecular complexity index is 935. The molecule has 1 aliphatic rings. The van der Waals surface area contributed by atoms with Crippen molar-refractivity contribution in [2.45, 2.75) is 6.42 Å². The van der Waals surface area contributed by atoms with Crippen molar-refractivity contribution in [2.75, 3.05) is 0 Å². The Morgan fingerprint density at radius 1 is 1.00 bits per heavy atom. The highest BCUT2D eigenvalue weighted by molar-refractivity contribution is 6.03. The molecule has 1 aliphatic heterocycles. The Balaban J connectivity index is 2.01. The second-order valence-electron chi connectivity index (χ2n) is 5.25. The van der Waals surface area contributed by atoms with Crippen molar-refractivity contribution < 1.29 is 0 Å². The number of aromatic nitrogens is 3. The monoisotopic (exact) mass is 290 g/mol. The van der Waals surface area contributed by atoms with Crippen molar-refractivity contribution in [3.8, 4) is 5.69 Å². The average Bonchev–Trinajstić information content (AvgIpc) is 2.73. The summed E-state index contributed by atoms with van der Waals surface area (Å²) in [7, 11) is 1.67. The van der Waals surface area contributed by atoms with Crippen LogP contribution in [-0.4, -0.2) is 20.1 Å². The number of rotatable bonds is 1. The van der Waals surface area contributed by atoms with Gasteiger partial charge in [0.1, 0.15) is 5.82 Å². The SMILES string of the molecule is Cn1nc2n(c1=O)-c1ccccc1N=C(c1ccccc1)C2. The van der Waals surface area contributed by atoms with Gasteiger partial charge in [-0.1, -0.05) is 42.5 Å². The molecule has 5 heteroatoms. The van der Waals surface area contributed by atoms with Gasteiger partial charge in [0.25, 0.3) is 0 Å². The summed E-state index contributed by atoms with van der Waals surface area (Å²) in [6, 6.07) is 17.7. The Morgan fingerprint density at radius 3 is 2.55 bits per heavy atom. The van der Waals surface area contributed by atoms with E-state index in [1.54, 1.807) is 11.6 Å². The van der Waals surface area contributed by atoms with Gasteiger partial charge in [-0.05, 0) is 17.7 Å². The maximum absolute atomic E-state index is 12.4. The number of hydrogen-bond acceptors (Lipinski definition) is 3. The van der Waals surface area contributed by atoms with Gasteiger partial charge in [-0.25, -0.2) is 14.0 Å². The van der Waals surface area contributed by atoms with Crippen LogP contribution >= 0.6 is 0 Å². The number of nitrogens with zero attached hydrogens (tertiary/aromatic N) is 4. The molecular formula is C17H14N4O. The lowest BCUT2D eigenvalue weighted by Gasteiger charge is -2.04. The first-order chi connectivity index (χ1) is 10.7. The number of hydrogen-bond donors (Lipinski definition) is 0. The minimum atomic E-state index is -0.146. The first-order valence-electron chi connectivity index (χ1n) is 7.11. The molecule has 0 spiro atoms. The normalized spacial score (nSPS) is 13.0. The lowest BCUT2D eigenvalue weighted by atomic mass is 10.1. The second-order valence-corrected chi connectivity index (χ2v) is 5.25. The summed E-state index contributed by atoms with van der Waals surface area (Å²) in [6.07, 6.45) is 0.523. The van der Waals surface area contributed by atoms with Crippen molar-refractivity contribution in [3.05, 3.63) is 76.5 Å². The molecule has 0 aliphatic carbocycles. The first-order valence-corrected chi connectivity index (χ1v) is 7.11. The highest BCUT2D eigenvalue weighted by Gasteiger charge is 2.21. The zero-order valence-electron chi connectivity index (χ0n) is 12.1. The second kappa shape index (κ2) is 4.80. The summed E-state index contributed by atoms with van der Waals surface area (Å²) < 4.78 is 3.02. The molecule has 2 heterocycles. The van der Waals surface area contributed by atoms with Gasteiger partial charge in [0, 0.05) is 7.05 Å². The van der Waals surface area contributed by atoms with E-state index in [9.17, 15) is 4.79 Å². The van der Waals surface area contributed by atoms with Gasteiger partial charge in [0.15, 0.2) is 0 Å². The van der Waals surface area contributed by atoms with Gasteiger partial charge in [-0.2, -0.15) is 5.10 Å². The van der Waals surface area contributed by atoms with Gasteiger partial charge < -0.3 is 0 Å². The summed E-state index contributed by atoms with van der Waals surface area (Å²) in [5, 5.41) is 4.37. The van der Waals surface area contributed by atoms with Gasteiger partial charge in [0.2, 0.25) is 0 Å². The number of benzene rings is 2. The third-order valence-corrected chi connectivity index (χ3v) is 3.80. The third kappa shape index (κ3) is 1.90. The van der Waals surface area contributed by atoms with Crippen LogP contribution in [0, 0.1) is 0 Å². The number of aryl methyl sites for hydroxylation is 1. The molecule has 3 aromatic rings. The fraction of sp³-hybridized carbons (Fsp3) is 0.118. The number of para-hydroxylation sites is 2. The highest BCUT2D eigenvalue weighted by Crippen LogP contribution is 2.27. The van der Waals surface area contributed by atoms with E-state index in [1.165, 1.54) is 4.68 Å². The molecule has 0 amide bonds. The van der Waals surface area contributed by atoms with Crippen LogP contribution in [0.4, 0.5) is 5.69 Å². The molecule has 0 radical (unpaired) electrons. The third-order valence-electron chi connectivity index (χ3n) is 3.80. The maximum atomic E-state index is 12.4. The smallest absolute Gasteiger partial charge is 0.250 e. The van der Waals surface area contributed by atoms with Gasteiger partial charge in [-0.15, -0.1) is 0 Å². The molecule has 0 N–H and O–H groups in total. The Hall–Kier alpha value is -2.95. The van der Waals surface area contributed by atoms with Crippen LogP contribution < -0.4 is 5.69 Å². The molecule has 22 heavy (non-hydrogen) atoms. The van der Waals surface area contributed by atoms with E-state index in [0.29, 0.717) is 12.2 Å². The summed E-state index contributed by atoms with van der Waals surface area (Å²) in [5.41, 5.74) is 3.38. The predicted octanol–water partition coefficient (Wildman–Crippen LogP) is 2.25. The van der Waals surface area contributed by atoms with Crippen molar-refractivity contribution in [1.29, 1.82) is 0 Å². The minimum absolute atomic E-state index is 0.146. The van der Waals surface area contributed by atoms with E-state index in [4.69, 9.17) is 4.99 Å². The van der Waals surface area contributed by atoms with E-state index in [1.807, 2.05) is 54.6 Å². The number of aliphatic imine (C=N–C) groups is 1. The predicted molar refractivity (Wildman–Crippen MR) is 85.1 cm³/mol. The maximum Gasteiger partial charge on any atom is 0.350 e. The molecule has 4 rings (SSSR count). The summed E-state index contributed by atoms with van der Waals surface area (Å²) >= 11 is 0. The summed E-state index contributed by atoms with van der Waals surface area (Å²) in [4.78, 5) is 17.2. The van der Waals surface area contributed by atoms with Gasteiger partial charge in [0.05, 0.1) is 23.5 Å². The molecule has 108 valence electrons. The van der Waals surface area contributed by atoms with Crippen molar-refractivity contribution in [2.24, 2.45) is 12.0 Å². The van der Waals surface area contributed by atoms with E-state index in [2.05, 4.69) is 5.10 Å². The Labute approximate surface area is 127 Å². The molecule has 1 aromatic heterocycles. The van der Waals surface area contributed by atoms with E-state index >= 15 is 0 Å². The van der Waals surface area contributed by atoms with Crippen LogP contribution in [0.25, 0.3) is 5.69 Å². The molecule has 0 fully saturated rings. The number of fused-ring (bicyclic) bond motifs is 3. The first kappa shape index (κ1) is 12.8. The lowest BCUT2D eigenvalue weighted by Crippen LogP contribution is -2.22. The van der Waals surface area contributed by atoms with Crippen LogP contribution in [0.1, 0.15) is 11.4 Å². The molecule has 2 aromatic carbocycles. The van der Waals surface area contributed by atoms with E-state index in [-0.39, 0.29) is 5.69 Å². The molecule has 0 saturated heterocycles. The van der Waals surface area contributed by atoms with Crippen LogP contribution in [0.5, 0.6) is 0 Å². The van der Waals surface area contributed by atoms with Crippen molar-refractivity contribution in [3.63, 3.8) is 0 Å². The van der Waals surface area contributed by atoms with Crippen molar-refractivity contribution in [1.82, 2.24) is 14.3 Å². The molecule has 0 saturated carbocycles. The largest absolute Gasteiger partial charge is 0.350 e. The Morgan fingerprint density at radius 2 is 1.73 bits per heavy atom. The van der Waals surface area contributed by atoms with Crippen LogP contribution in [0.15, 0.2) is 64.4 Å². The fourth-order valence-electron chi connectivity index (χ4n) is 2.75. The Kier molecular flexibility index (Phi) is 2.79. The highest BCUT2D eigenvalue weighted by atomic mass is 16.2. The average molecular weight is 290 g/mol. The summed E-state index contributed by atoms with van der Waals surface area (Å²) in [6.45, 7) is 0. The lowest BCUT2D eigenvalue weighted by molar-refractivity contribution is 0.721. The van der Waals surface area contributed by atoms with Crippen LogP contribution in [0.3, 0.4) is 0 Å². The van der Waals surface area contributed by atoms with E-state index < -0.39 is 0 Å². The molecule has 0 bridgehead atoms. The van der Waals surface area contributed by atoms with Crippen molar-refractivity contribution >= 4 is 11.4 Å². The topological polar surface area (TPSA) is 52.2 Å². The minimum Gasteiger partial charge on any atom is -0.250 e. The zero-order chi connectivity index (χ0) is 15.1. The quantitative estimate of drug-likeness (QED) is 0.690. The summed E-state index contributed by atoms with van der Waals surface area (Å²) in [5.74, 6) is 0.708. The molecule has 0 unspecified atom stereocenters. The fourth-order valence-corrected chi connectivity index (χ4v) is 2.75. The molecule has 5 nitrogen and oxygen atoms in total. The molecular weight excluding hydrogens is 276 g/mol. The van der Waals surface area contributed by atoms with Gasteiger partial charge >= 0.3 is 5.69 Å². The van der Waals surface area contributed by atoms with Gasteiger partial charge in [-0.3, -0.25) is 4.99 Å². The standard InChI is InChI=1S/C17H14N4O/c1-20-17(22)21-15-10-6-5-9-13(15)18-14(11-16(21)19-20)12-7-3-2-4-8-12/h2-10H,11H2,1H3. The zero-order valence-corrected chi connectivity index (χ0v) is 12.1. The van der Waals surface area contributed by atoms with E-state index in [0.717, 1.165) is 22.6 Å². The molecule has 0 atom stereocenters. The van der Waals surface area contributed by atoms with Crippen LogP contribution in [-0.2, 0) is 13.5 Å².